The molecule has 2 nitrogen and oxygen atoms in total. The SMILES string of the molecule is CC(C)NCc1ccc(Oc2ccc(F)c(F)c2)c(Cl)c1. The van der Waals surface area contributed by atoms with Crippen LogP contribution in [0.5, 0.6) is 11.5 Å². The largest absolute Gasteiger partial charge is 0.456 e. The van der Waals surface area contributed by atoms with E-state index in [9.17, 15) is 8.78 Å². The van der Waals surface area contributed by atoms with Crippen molar-refractivity contribution in [1.82, 2.24) is 5.32 Å². The molecule has 0 spiro atoms. The summed E-state index contributed by atoms with van der Waals surface area (Å²) in [4.78, 5) is 0. The number of benzene rings is 2. The number of ether oxygens (including phenoxy) is 1. The molecule has 0 unspecified atom stereocenters. The van der Waals surface area contributed by atoms with E-state index in [0.717, 1.165) is 17.7 Å². The van der Waals surface area contributed by atoms with Crippen molar-refractivity contribution >= 4 is 11.6 Å². The molecule has 1 N–H and O–H groups in total. The van der Waals surface area contributed by atoms with Crippen LogP contribution >= 0.6 is 11.6 Å². The standard InChI is InChI=1S/C16H16ClF2NO/c1-10(2)20-9-11-3-6-16(13(17)7-11)21-12-4-5-14(18)15(19)8-12/h3-8,10,20H,9H2,1-2H3. The first kappa shape index (κ1) is 15.7. The molecule has 0 amide bonds. The lowest BCUT2D eigenvalue weighted by molar-refractivity contribution is 0.461. The normalized spacial score (nSPS) is 11.0. The molecule has 0 radical (unpaired) electrons. The van der Waals surface area contributed by atoms with E-state index >= 15 is 0 Å². The minimum Gasteiger partial charge on any atom is -0.456 e. The topological polar surface area (TPSA) is 21.3 Å². The lowest BCUT2D eigenvalue weighted by Gasteiger charge is -2.11. The Labute approximate surface area is 127 Å². The van der Waals surface area contributed by atoms with Gasteiger partial charge in [0.1, 0.15) is 11.5 Å². The highest BCUT2D eigenvalue weighted by molar-refractivity contribution is 6.32. The van der Waals surface area contributed by atoms with Gasteiger partial charge in [-0.15, -0.1) is 0 Å². The minimum atomic E-state index is -0.957. The summed E-state index contributed by atoms with van der Waals surface area (Å²) >= 11 is 6.15. The van der Waals surface area contributed by atoms with Crippen molar-refractivity contribution in [3.05, 3.63) is 58.6 Å². The van der Waals surface area contributed by atoms with Crippen LogP contribution < -0.4 is 10.1 Å². The zero-order chi connectivity index (χ0) is 15.4. The average Bonchev–Trinajstić information content (AvgIpc) is 2.43. The maximum atomic E-state index is 13.1. The molecule has 5 heteroatoms. The molecule has 21 heavy (non-hydrogen) atoms. The Bertz CT molecular complexity index is 632. The summed E-state index contributed by atoms with van der Waals surface area (Å²) in [6.07, 6.45) is 0. The molecule has 0 atom stereocenters. The Hall–Kier alpha value is -1.65. The Morgan fingerprint density at radius 2 is 1.86 bits per heavy atom. The van der Waals surface area contributed by atoms with Crippen LogP contribution in [0, 0.1) is 11.6 Å². The fourth-order valence-corrected chi connectivity index (χ4v) is 1.97. The summed E-state index contributed by atoms with van der Waals surface area (Å²) < 4.78 is 31.4. The first-order valence-electron chi connectivity index (χ1n) is 6.60. The molecule has 0 aliphatic heterocycles. The lowest BCUT2D eigenvalue weighted by Crippen LogP contribution is -2.21. The predicted octanol–water partition coefficient (Wildman–Crippen LogP) is 4.91. The van der Waals surface area contributed by atoms with Gasteiger partial charge in [0.25, 0.3) is 0 Å². The summed E-state index contributed by atoms with van der Waals surface area (Å²) in [5.74, 6) is -1.27. The number of rotatable bonds is 5. The molecule has 0 bridgehead atoms. The molecular formula is C16H16ClF2NO. The van der Waals surface area contributed by atoms with Gasteiger partial charge in [-0.2, -0.15) is 0 Å². The van der Waals surface area contributed by atoms with E-state index in [1.807, 2.05) is 6.07 Å². The molecule has 0 saturated heterocycles. The smallest absolute Gasteiger partial charge is 0.162 e. The average molecular weight is 312 g/mol. The van der Waals surface area contributed by atoms with E-state index in [1.165, 1.54) is 6.07 Å². The van der Waals surface area contributed by atoms with Gasteiger partial charge >= 0.3 is 0 Å². The van der Waals surface area contributed by atoms with Gasteiger partial charge < -0.3 is 10.1 Å². The molecule has 0 aliphatic carbocycles. The third kappa shape index (κ3) is 4.41. The molecule has 2 aromatic carbocycles. The number of hydrogen-bond donors (Lipinski definition) is 1. The third-order valence-electron chi connectivity index (χ3n) is 2.83. The van der Waals surface area contributed by atoms with Gasteiger partial charge in [0.2, 0.25) is 0 Å². The van der Waals surface area contributed by atoms with E-state index < -0.39 is 11.6 Å². The van der Waals surface area contributed by atoms with Crippen LogP contribution in [0.4, 0.5) is 8.78 Å². The van der Waals surface area contributed by atoms with Crippen molar-refractivity contribution in [2.45, 2.75) is 26.4 Å². The molecule has 112 valence electrons. The van der Waals surface area contributed by atoms with E-state index in [4.69, 9.17) is 16.3 Å². The number of nitrogens with one attached hydrogen (secondary N) is 1. The van der Waals surface area contributed by atoms with Crippen molar-refractivity contribution in [3.8, 4) is 11.5 Å². The van der Waals surface area contributed by atoms with Gasteiger partial charge in [-0.3, -0.25) is 0 Å². The first-order valence-corrected chi connectivity index (χ1v) is 6.98. The van der Waals surface area contributed by atoms with Crippen LogP contribution in [0.25, 0.3) is 0 Å². The number of hydrogen-bond acceptors (Lipinski definition) is 2. The molecule has 0 saturated carbocycles. The second-order valence-corrected chi connectivity index (χ2v) is 5.39. The zero-order valence-electron chi connectivity index (χ0n) is 11.8. The van der Waals surface area contributed by atoms with Crippen LogP contribution in [0.1, 0.15) is 19.4 Å². The summed E-state index contributed by atoms with van der Waals surface area (Å²) in [5, 5.41) is 3.70. The fraction of sp³-hybridized carbons (Fsp3) is 0.250. The van der Waals surface area contributed by atoms with Gasteiger partial charge in [0.15, 0.2) is 11.6 Å². The Morgan fingerprint density at radius 3 is 2.48 bits per heavy atom. The van der Waals surface area contributed by atoms with Crippen molar-refractivity contribution < 1.29 is 13.5 Å². The van der Waals surface area contributed by atoms with Crippen molar-refractivity contribution in [1.29, 1.82) is 0 Å². The Kier molecular flexibility index (Phi) is 5.15. The third-order valence-corrected chi connectivity index (χ3v) is 3.12. The molecule has 0 aromatic heterocycles. The highest BCUT2D eigenvalue weighted by atomic mass is 35.5. The van der Waals surface area contributed by atoms with E-state index in [-0.39, 0.29) is 5.75 Å². The van der Waals surface area contributed by atoms with Gasteiger partial charge in [-0.1, -0.05) is 31.5 Å². The monoisotopic (exact) mass is 311 g/mol. The summed E-state index contributed by atoms with van der Waals surface area (Å²) in [5.41, 5.74) is 1.02. The zero-order valence-corrected chi connectivity index (χ0v) is 12.5. The maximum Gasteiger partial charge on any atom is 0.162 e. The van der Waals surface area contributed by atoms with Crippen LogP contribution in [-0.2, 0) is 6.54 Å². The second kappa shape index (κ2) is 6.87. The van der Waals surface area contributed by atoms with E-state index in [1.54, 1.807) is 12.1 Å². The van der Waals surface area contributed by atoms with Gasteiger partial charge in [-0.25, -0.2) is 8.78 Å². The Morgan fingerprint density at radius 1 is 1.10 bits per heavy atom. The highest BCUT2D eigenvalue weighted by Crippen LogP contribution is 2.30. The van der Waals surface area contributed by atoms with Gasteiger partial charge in [-0.05, 0) is 29.8 Å². The highest BCUT2D eigenvalue weighted by Gasteiger charge is 2.08. The van der Waals surface area contributed by atoms with Crippen LogP contribution in [0.2, 0.25) is 5.02 Å². The Balaban J connectivity index is 2.11. The summed E-state index contributed by atoms with van der Waals surface area (Å²) in [7, 11) is 0. The molecule has 2 aromatic rings. The molecular weight excluding hydrogens is 296 g/mol. The minimum absolute atomic E-state index is 0.198. The maximum absolute atomic E-state index is 13.1. The van der Waals surface area contributed by atoms with Gasteiger partial charge in [0.05, 0.1) is 5.02 Å². The van der Waals surface area contributed by atoms with Crippen LogP contribution in [0.15, 0.2) is 36.4 Å². The quantitative estimate of drug-likeness (QED) is 0.847. The van der Waals surface area contributed by atoms with Crippen LogP contribution in [-0.4, -0.2) is 6.04 Å². The number of halogens is 3. The molecule has 2 rings (SSSR count). The predicted molar refractivity (Wildman–Crippen MR) is 79.9 cm³/mol. The first-order chi connectivity index (χ1) is 9.95. The second-order valence-electron chi connectivity index (χ2n) is 4.98. The van der Waals surface area contributed by atoms with E-state index in [0.29, 0.717) is 23.4 Å². The van der Waals surface area contributed by atoms with E-state index in [2.05, 4.69) is 19.2 Å². The molecule has 0 fully saturated rings. The van der Waals surface area contributed by atoms with Crippen LogP contribution in [0.3, 0.4) is 0 Å². The molecule has 0 heterocycles. The lowest BCUT2D eigenvalue weighted by atomic mass is 10.2. The molecule has 0 aliphatic rings. The summed E-state index contributed by atoms with van der Waals surface area (Å²) in [6.45, 7) is 4.81. The summed E-state index contributed by atoms with van der Waals surface area (Å²) in [6, 6.07) is 9.09. The van der Waals surface area contributed by atoms with Crippen molar-refractivity contribution in [3.63, 3.8) is 0 Å². The van der Waals surface area contributed by atoms with Gasteiger partial charge in [0, 0.05) is 18.7 Å². The fourth-order valence-electron chi connectivity index (χ4n) is 1.73. The van der Waals surface area contributed by atoms with Crippen molar-refractivity contribution in [2.75, 3.05) is 0 Å². The van der Waals surface area contributed by atoms with Crippen molar-refractivity contribution in [2.24, 2.45) is 0 Å².